The van der Waals surface area contributed by atoms with Gasteiger partial charge in [-0.15, -0.1) is 0 Å². The van der Waals surface area contributed by atoms with Crippen LogP contribution in [-0.2, 0) is 0 Å². The van der Waals surface area contributed by atoms with Crippen molar-refractivity contribution in [3.63, 3.8) is 0 Å². The monoisotopic (exact) mass is 202 g/mol. The molecule has 0 fully saturated rings. The fourth-order valence-electron chi connectivity index (χ4n) is 1.21. The third-order valence-corrected chi connectivity index (χ3v) is 2.07. The molecule has 70 valence electrons. The van der Waals surface area contributed by atoms with E-state index in [1.54, 1.807) is 0 Å². The standard InChI is InChI=1S/C11H10N2S/c14-11-8-10(6-7-12-11)13-9-4-2-1-3-5-9/h1-8H,(H2,12,13,14). The summed E-state index contributed by atoms with van der Waals surface area (Å²) in [5.41, 5.74) is 2.06. The van der Waals surface area contributed by atoms with Gasteiger partial charge in [-0.05, 0) is 24.3 Å². The van der Waals surface area contributed by atoms with Crippen LogP contribution in [0.4, 0.5) is 11.4 Å². The first kappa shape index (κ1) is 8.97. The number of hydrogen-bond acceptors (Lipinski definition) is 2. The molecule has 0 saturated carbocycles. The van der Waals surface area contributed by atoms with E-state index in [2.05, 4.69) is 10.3 Å². The number of H-pyrrole nitrogens is 1. The average Bonchev–Trinajstić information content (AvgIpc) is 2.19. The summed E-state index contributed by atoms with van der Waals surface area (Å²) in [6.45, 7) is 0. The molecule has 0 saturated heterocycles. The number of anilines is 2. The number of rotatable bonds is 2. The molecular weight excluding hydrogens is 192 g/mol. The molecule has 1 aromatic carbocycles. The number of pyridine rings is 1. The normalized spacial score (nSPS) is 9.71. The predicted molar refractivity (Wildman–Crippen MR) is 61.4 cm³/mol. The largest absolute Gasteiger partial charge is 0.355 e. The molecule has 3 heteroatoms. The third kappa shape index (κ3) is 2.20. The Kier molecular flexibility index (Phi) is 2.60. The van der Waals surface area contributed by atoms with Gasteiger partial charge < -0.3 is 10.3 Å². The first-order valence-corrected chi connectivity index (χ1v) is 4.76. The van der Waals surface area contributed by atoms with E-state index in [-0.39, 0.29) is 0 Å². The van der Waals surface area contributed by atoms with Crippen LogP contribution in [0, 0.1) is 4.64 Å². The van der Waals surface area contributed by atoms with Crippen molar-refractivity contribution in [2.75, 3.05) is 5.32 Å². The minimum Gasteiger partial charge on any atom is -0.355 e. The van der Waals surface area contributed by atoms with Gasteiger partial charge in [0.05, 0.1) is 0 Å². The molecule has 2 aromatic rings. The minimum atomic E-state index is 0.728. The highest BCUT2D eigenvalue weighted by Gasteiger charge is 1.91. The molecule has 0 unspecified atom stereocenters. The van der Waals surface area contributed by atoms with Gasteiger partial charge in [-0.1, -0.05) is 30.4 Å². The molecule has 0 aliphatic heterocycles. The molecule has 0 atom stereocenters. The second-order valence-electron chi connectivity index (χ2n) is 2.93. The highest BCUT2D eigenvalue weighted by Crippen LogP contribution is 2.14. The Balaban J connectivity index is 2.24. The Hall–Kier alpha value is -1.61. The van der Waals surface area contributed by atoms with Gasteiger partial charge in [0.25, 0.3) is 0 Å². The summed E-state index contributed by atoms with van der Waals surface area (Å²) in [5.74, 6) is 0. The van der Waals surface area contributed by atoms with Gasteiger partial charge in [-0.3, -0.25) is 0 Å². The minimum absolute atomic E-state index is 0.728. The maximum Gasteiger partial charge on any atom is 0.105 e. The highest BCUT2D eigenvalue weighted by atomic mass is 32.1. The smallest absolute Gasteiger partial charge is 0.105 e. The Morgan fingerprint density at radius 2 is 1.79 bits per heavy atom. The first-order chi connectivity index (χ1) is 6.84. The van der Waals surface area contributed by atoms with E-state index in [9.17, 15) is 0 Å². The molecule has 2 N–H and O–H groups in total. The lowest BCUT2D eigenvalue weighted by atomic mass is 10.3. The summed E-state index contributed by atoms with van der Waals surface area (Å²) < 4.78 is 0.728. The van der Waals surface area contributed by atoms with Crippen LogP contribution in [0.15, 0.2) is 48.7 Å². The summed E-state index contributed by atoms with van der Waals surface area (Å²) in [4.78, 5) is 2.93. The Morgan fingerprint density at radius 3 is 2.50 bits per heavy atom. The van der Waals surface area contributed by atoms with Crippen molar-refractivity contribution >= 4 is 23.6 Å². The van der Waals surface area contributed by atoms with Crippen molar-refractivity contribution < 1.29 is 0 Å². The number of para-hydroxylation sites is 1. The molecule has 1 aromatic heterocycles. The van der Waals surface area contributed by atoms with Crippen molar-refractivity contribution in [1.82, 2.24) is 4.98 Å². The predicted octanol–water partition coefficient (Wildman–Crippen LogP) is 3.49. The molecule has 2 rings (SSSR count). The second kappa shape index (κ2) is 4.07. The maximum absolute atomic E-state index is 5.02. The number of benzene rings is 1. The number of aromatic amines is 1. The van der Waals surface area contributed by atoms with Crippen LogP contribution in [0.2, 0.25) is 0 Å². The van der Waals surface area contributed by atoms with Crippen molar-refractivity contribution in [2.45, 2.75) is 0 Å². The van der Waals surface area contributed by atoms with Gasteiger partial charge in [0.15, 0.2) is 0 Å². The quantitative estimate of drug-likeness (QED) is 0.729. The summed E-state index contributed by atoms with van der Waals surface area (Å²) in [6.07, 6.45) is 1.83. The fraction of sp³-hybridized carbons (Fsp3) is 0. The van der Waals surface area contributed by atoms with E-state index >= 15 is 0 Å². The Labute approximate surface area is 87.6 Å². The molecule has 0 aliphatic carbocycles. The number of aromatic nitrogens is 1. The lowest BCUT2D eigenvalue weighted by Gasteiger charge is -2.04. The molecule has 0 spiro atoms. The highest BCUT2D eigenvalue weighted by molar-refractivity contribution is 7.71. The molecule has 0 amide bonds. The van der Waals surface area contributed by atoms with Crippen molar-refractivity contribution in [1.29, 1.82) is 0 Å². The van der Waals surface area contributed by atoms with E-state index in [4.69, 9.17) is 12.2 Å². The number of hydrogen-bond donors (Lipinski definition) is 2. The maximum atomic E-state index is 5.02. The summed E-state index contributed by atoms with van der Waals surface area (Å²) in [6, 6.07) is 13.8. The van der Waals surface area contributed by atoms with E-state index in [0.29, 0.717) is 0 Å². The van der Waals surface area contributed by atoms with Gasteiger partial charge in [-0.25, -0.2) is 0 Å². The lowest BCUT2D eigenvalue weighted by Crippen LogP contribution is -1.89. The third-order valence-electron chi connectivity index (χ3n) is 1.84. The van der Waals surface area contributed by atoms with Crippen LogP contribution >= 0.6 is 12.2 Å². The molecular formula is C11H10N2S. The van der Waals surface area contributed by atoms with Crippen LogP contribution in [0.5, 0.6) is 0 Å². The van der Waals surface area contributed by atoms with Gasteiger partial charge in [-0.2, -0.15) is 0 Å². The van der Waals surface area contributed by atoms with Gasteiger partial charge in [0.2, 0.25) is 0 Å². The zero-order valence-electron chi connectivity index (χ0n) is 7.53. The Morgan fingerprint density at radius 1 is 1.00 bits per heavy atom. The molecule has 0 aliphatic rings. The van der Waals surface area contributed by atoms with Crippen LogP contribution in [-0.4, -0.2) is 4.98 Å². The summed E-state index contributed by atoms with van der Waals surface area (Å²) in [7, 11) is 0. The van der Waals surface area contributed by atoms with Crippen LogP contribution < -0.4 is 5.32 Å². The SMILES string of the molecule is S=c1cc(Nc2ccccc2)cc[nH]1. The van der Waals surface area contributed by atoms with Crippen molar-refractivity contribution in [2.24, 2.45) is 0 Å². The topological polar surface area (TPSA) is 27.8 Å². The fourth-order valence-corrected chi connectivity index (χ4v) is 1.41. The van der Waals surface area contributed by atoms with Gasteiger partial charge in [0.1, 0.15) is 4.64 Å². The summed E-state index contributed by atoms with van der Waals surface area (Å²) >= 11 is 5.02. The van der Waals surface area contributed by atoms with Gasteiger partial charge >= 0.3 is 0 Å². The van der Waals surface area contributed by atoms with E-state index in [1.165, 1.54) is 0 Å². The van der Waals surface area contributed by atoms with E-state index in [0.717, 1.165) is 16.0 Å². The van der Waals surface area contributed by atoms with Crippen LogP contribution in [0.25, 0.3) is 0 Å². The molecule has 1 heterocycles. The van der Waals surface area contributed by atoms with Crippen molar-refractivity contribution in [3.05, 3.63) is 53.3 Å². The molecule has 0 radical (unpaired) electrons. The van der Waals surface area contributed by atoms with Crippen molar-refractivity contribution in [3.8, 4) is 0 Å². The Bertz CT molecular complexity index is 462. The molecule has 14 heavy (non-hydrogen) atoms. The van der Waals surface area contributed by atoms with E-state index in [1.807, 2.05) is 48.7 Å². The summed E-state index contributed by atoms with van der Waals surface area (Å²) in [5, 5.41) is 3.26. The lowest BCUT2D eigenvalue weighted by molar-refractivity contribution is 1.30. The zero-order valence-corrected chi connectivity index (χ0v) is 8.34. The second-order valence-corrected chi connectivity index (χ2v) is 3.37. The van der Waals surface area contributed by atoms with Crippen LogP contribution in [0.3, 0.4) is 0 Å². The first-order valence-electron chi connectivity index (χ1n) is 4.35. The number of nitrogens with one attached hydrogen (secondary N) is 2. The zero-order chi connectivity index (χ0) is 9.80. The molecule has 0 bridgehead atoms. The van der Waals surface area contributed by atoms with E-state index < -0.39 is 0 Å². The average molecular weight is 202 g/mol. The molecule has 2 nitrogen and oxygen atoms in total. The van der Waals surface area contributed by atoms with Gasteiger partial charge in [0, 0.05) is 17.6 Å². The van der Waals surface area contributed by atoms with Crippen LogP contribution in [0.1, 0.15) is 0 Å².